The number of rotatable bonds is 5. The minimum Gasteiger partial charge on any atom is -0.493 e. The van der Waals surface area contributed by atoms with E-state index in [0.717, 1.165) is 11.2 Å². The number of carbonyl (C=O) groups excluding carboxylic acids is 1. The predicted molar refractivity (Wildman–Crippen MR) is 108 cm³/mol. The topological polar surface area (TPSA) is 64.9 Å². The molecule has 0 saturated carbocycles. The maximum Gasteiger partial charge on any atom is 0.260 e. The van der Waals surface area contributed by atoms with Crippen LogP contribution in [0.15, 0.2) is 72.9 Å². The number of fused-ring (bicyclic) bond motifs is 1. The first-order chi connectivity index (χ1) is 13.7. The number of ether oxygens (including phenoxy) is 2. The summed E-state index contributed by atoms with van der Waals surface area (Å²) in [4.78, 5) is 17.8. The summed E-state index contributed by atoms with van der Waals surface area (Å²) in [6.07, 6.45) is 1.87. The van der Waals surface area contributed by atoms with Gasteiger partial charge in [0.2, 0.25) is 0 Å². The molecule has 6 heteroatoms. The number of carbonyl (C=O) groups is 1. The molecule has 0 aliphatic carbocycles. The number of para-hydroxylation sites is 1. The fraction of sp³-hybridized carbons (Fsp3) is 0.0909. The number of nitrogens with zero attached hydrogens (tertiary/aromatic N) is 2. The Morgan fingerprint density at radius 1 is 0.929 bits per heavy atom. The SMILES string of the molecule is COc1cccc(C(=O)Nc2c(-c3ccccc3)nc3ccccn23)c1OC. The quantitative estimate of drug-likeness (QED) is 0.567. The van der Waals surface area contributed by atoms with Gasteiger partial charge in [-0.1, -0.05) is 42.5 Å². The first-order valence-corrected chi connectivity index (χ1v) is 8.77. The van der Waals surface area contributed by atoms with E-state index in [1.54, 1.807) is 18.2 Å². The molecule has 0 bridgehead atoms. The standard InChI is InChI=1S/C22H19N3O3/c1-27-17-12-8-11-16(20(17)28-2)22(26)24-21-19(15-9-4-3-5-10-15)23-18-13-6-7-14-25(18)21/h3-14H,1-2H3,(H,24,26). The van der Waals surface area contributed by atoms with E-state index in [0.29, 0.717) is 28.6 Å². The summed E-state index contributed by atoms with van der Waals surface area (Å²) >= 11 is 0. The molecule has 2 aromatic carbocycles. The molecule has 2 aromatic heterocycles. The van der Waals surface area contributed by atoms with Crippen molar-refractivity contribution in [1.29, 1.82) is 0 Å². The fourth-order valence-corrected chi connectivity index (χ4v) is 3.15. The number of aromatic nitrogens is 2. The van der Waals surface area contributed by atoms with Crippen molar-refractivity contribution in [2.24, 2.45) is 0 Å². The molecule has 0 spiro atoms. The van der Waals surface area contributed by atoms with E-state index in [9.17, 15) is 4.79 Å². The van der Waals surface area contributed by atoms with Gasteiger partial charge in [0.05, 0.1) is 19.8 Å². The van der Waals surface area contributed by atoms with Crippen LogP contribution in [0.1, 0.15) is 10.4 Å². The van der Waals surface area contributed by atoms with E-state index < -0.39 is 0 Å². The minimum absolute atomic E-state index is 0.307. The van der Waals surface area contributed by atoms with Crippen LogP contribution in [-0.4, -0.2) is 29.5 Å². The summed E-state index contributed by atoms with van der Waals surface area (Å²) < 4.78 is 12.6. The number of hydrogen-bond acceptors (Lipinski definition) is 4. The van der Waals surface area contributed by atoms with Crippen molar-refractivity contribution in [1.82, 2.24) is 9.38 Å². The van der Waals surface area contributed by atoms with Crippen LogP contribution >= 0.6 is 0 Å². The van der Waals surface area contributed by atoms with Crippen molar-refractivity contribution in [2.45, 2.75) is 0 Å². The number of amides is 1. The number of methoxy groups -OCH3 is 2. The summed E-state index contributed by atoms with van der Waals surface area (Å²) in [6.45, 7) is 0. The van der Waals surface area contributed by atoms with Crippen molar-refractivity contribution in [3.63, 3.8) is 0 Å². The number of nitrogens with one attached hydrogen (secondary N) is 1. The zero-order valence-electron chi connectivity index (χ0n) is 15.5. The third kappa shape index (κ3) is 3.05. The predicted octanol–water partition coefficient (Wildman–Crippen LogP) is 4.27. The van der Waals surface area contributed by atoms with E-state index in [-0.39, 0.29) is 5.91 Å². The van der Waals surface area contributed by atoms with Gasteiger partial charge in [-0.25, -0.2) is 4.98 Å². The lowest BCUT2D eigenvalue weighted by Gasteiger charge is -2.13. The lowest BCUT2D eigenvalue weighted by atomic mass is 10.1. The molecule has 0 aliphatic rings. The second-order valence-electron chi connectivity index (χ2n) is 6.10. The van der Waals surface area contributed by atoms with Crippen LogP contribution in [0, 0.1) is 0 Å². The Labute approximate surface area is 162 Å². The third-order valence-electron chi connectivity index (χ3n) is 4.46. The summed E-state index contributed by atoms with van der Waals surface area (Å²) in [5, 5.41) is 3.00. The van der Waals surface area contributed by atoms with Gasteiger partial charge in [-0.05, 0) is 24.3 Å². The molecule has 4 rings (SSSR count). The summed E-state index contributed by atoms with van der Waals surface area (Å²) in [5.74, 6) is 1.17. The average molecular weight is 373 g/mol. The Morgan fingerprint density at radius 2 is 1.71 bits per heavy atom. The molecule has 0 radical (unpaired) electrons. The molecular weight excluding hydrogens is 354 g/mol. The van der Waals surface area contributed by atoms with Crippen molar-refractivity contribution in [3.8, 4) is 22.8 Å². The van der Waals surface area contributed by atoms with Crippen LogP contribution in [-0.2, 0) is 0 Å². The van der Waals surface area contributed by atoms with Crippen LogP contribution in [0.4, 0.5) is 5.82 Å². The van der Waals surface area contributed by atoms with Crippen LogP contribution in [0.3, 0.4) is 0 Å². The normalized spacial score (nSPS) is 10.6. The minimum atomic E-state index is -0.307. The van der Waals surface area contributed by atoms with Gasteiger partial charge in [-0.2, -0.15) is 0 Å². The van der Waals surface area contributed by atoms with Crippen LogP contribution < -0.4 is 14.8 Å². The van der Waals surface area contributed by atoms with E-state index in [2.05, 4.69) is 5.32 Å². The van der Waals surface area contributed by atoms with Crippen LogP contribution in [0.25, 0.3) is 16.9 Å². The highest BCUT2D eigenvalue weighted by Crippen LogP contribution is 2.33. The second kappa shape index (κ2) is 7.44. The molecule has 0 saturated heterocycles. The largest absolute Gasteiger partial charge is 0.493 e. The number of pyridine rings is 1. The summed E-state index contributed by atoms with van der Waals surface area (Å²) in [5.41, 5.74) is 2.74. The smallest absolute Gasteiger partial charge is 0.260 e. The van der Waals surface area contributed by atoms with Crippen LogP contribution in [0.5, 0.6) is 11.5 Å². The average Bonchev–Trinajstić information content (AvgIpc) is 3.12. The molecule has 0 aliphatic heterocycles. The van der Waals surface area contributed by atoms with Crippen LogP contribution in [0.2, 0.25) is 0 Å². The number of imidazole rings is 1. The molecule has 0 unspecified atom stereocenters. The zero-order valence-corrected chi connectivity index (χ0v) is 15.5. The molecule has 4 aromatic rings. The molecule has 1 N–H and O–H groups in total. The van der Waals surface area contributed by atoms with Crippen molar-refractivity contribution in [3.05, 3.63) is 78.5 Å². The molecule has 2 heterocycles. The molecular formula is C22H19N3O3. The van der Waals surface area contributed by atoms with Crippen molar-refractivity contribution in [2.75, 3.05) is 19.5 Å². The first-order valence-electron chi connectivity index (χ1n) is 8.77. The Morgan fingerprint density at radius 3 is 2.46 bits per heavy atom. The highest BCUT2D eigenvalue weighted by atomic mass is 16.5. The molecule has 1 amide bonds. The monoisotopic (exact) mass is 373 g/mol. The maximum atomic E-state index is 13.1. The third-order valence-corrected chi connectivity index (χ3v) is 4.46. The van der Waals surface area contributed by atoms with Crippen molar-refractivity contribution >= 4 is 17.4 Å². The van der Waals surface area contributed by atoms with Gasteiger partial charge in [0, 0.05) is 11.8 Å². The van der Waals surface area contributed by atoms with Gasteiger partial charge in [-0.15, -0.1) is 0 Å². The molecule has 0 fully saturated rings. The number of hydrogen-bond donors (Lipinski definition) is 1. The Bertz CT molecular complexity index is 1140. The van der Waals surface area contributed by atoms with E-state index in [1.807, 2.05) is 59.1 Å². The lowest BCUT2D eigenvalue weighted by molar-refractivity contribution is 0.102. The first kappa shape index (κ1) is 17.6. The molecule has 140 valence electrons. The van der Waals surface area contributed by atoms with Gasteiger partial charge < -0.3 is 14.8 Å². The Kier molecular flexibility index (Phi) is 4.68. The Hall–Kier alpha value is -3.80. The molecule has 28 heavy (non-hydrogen) atoms. The van der Waals surface area contributed by atoms with Gasteiger partial charge >= 0.3 is 0 Å². The highest BCUT2D eigenvalue weighted by Gasteiger charge is 2.21. The maximum absolute atomic E-state index is 13.1. The van der Waals surface area contributed by atoms with Gasteiger partial charge in [-0.3, -0.25) is 9.20 Å². The lowest BCUT2D eigenvalue weighted by Crippen LogP contribution is -2.15. The van der Waals surface area contributed by atoms with E-state index in [4.69, 9.17) is 14.5 Å². The zero-order chi connectivity index (χ0) is 19.5. The van der Waals surface area contributed by atoms with E-state index >= 15 is 0 Å². The van der Waals surface area contributed by atoms with Gasteiger partial charge in [0.25, 0.3) is 5.91 Å². The summed E-state index contributed by atoms with van der Waals surface area (Å²) in [7, 11) is 3.05. The molecule has 6 nitrogen and oxygen atoms in total. The number of anilines is 1. The Balaban J connectivity index is 1.81. The van der Waals surface area contributed by atoms with Gasteiger partial charge in [0.15, 0.2) is 11.5 Å². The second-order valence-corrected chi connectivity index (χ2v) is 6.10. The number of benzene rings is 2. The summed E-state index contributed by atoms with van der Waals surface area (Å²) in [6, 6.07) is 20.6. The van der Waals surface area contributed by atoms with Gasteiger partial charge in [0.1, 0.15) is 17.2 Å². The highest BCUT2D eigenvalue weighted by molar-refractivity contribution is 6.08. The van der Waals surface area contributed by atoms with E-state index in [1.165, 1.54) is 14.2 Å². The van der Waals surface area contributed by atoms with Crippen molar-refractivity contribution < 1.29 is 14.3 Å². The fourth-order valence-electron chi connectivity index (χ4n) is 3.15. The molecule has 0 atom stereocenters.